The highest BCUT2D eigenvalue weighted by molar-refractivity contribution is 5.49. The summed E-state index contributed by atoms with van der Waals surface area (Å²) in [6, 6.07) is 0.347. The number of aliphatic hydroxyl groups excluding tert-OH is 1. The van der Waals surface area contributed by atoms with E-state index in [1.165, 1.54) is 0 Å². The van der Waals surface area contributed by atoms with Crippen molar-refractivity contribution < 1.29 is 5.11 Å². The van der Waals surface area contributed by atoms with Gasteiger partial charge >= 0.3 is 0 Å². The summed E-state index contributed by atoms with van der Waals surface area (Å²) in [5, 5.41) is 11.9. The number of aryl methyl sites for hydroxylation is 1. The molecule has 0 saturated heterocycles. The van der Waals surface area contributed by atoms with Crippen LogP contribution in [0.25, 0.3) is 0 Å². The maximum atomic E-state index is 8.94. The van der Waals surface area contributed by atoms with Gasteiger partial charge in [-0.2, -0.15) is 4.98 Å². The molecular formula is C12H22N4O. The lowest BCUT2D eigenvalue weighted by molar-refractivity contribution is 0.288. The lowest BCUT2D eigenvalue weighted by Gasteiger charge is -2.29. The van der Waals surface area contributed by atoms with Crippen molar-refractivity contribution in [1.82, 2.24) is 9.97 Å². The zero-order valence-electron chi connectivity index (χ0n) is 11.1. The number of aliphatic hydroxyl groups is 1. The first-order valence-corrected chi connectivity index (χ1v) is 5.99. The first-order valence-electron chi connectivity index (χ1n) is 5.99. The van der Waals surface area contributed by atoms with Crippen LogP contribution in [0.2, 0.25) is 0 Å². The van der Waals surface area contributed by atoms with Gasteiger partial charge < -0.3 is 15.3 Å². The molecule has 17 heavy (non-hydrogen) atoms. The molecule has 1 aromatic rings. The van der Waals surface area contributed by atoms with E-state index in [2.05, 4.69) is 34.0 Å². The molecule has 0 spiro atoms. The average molecular weight is 238 g/mol. The molecule has 5 nitrogen and oxygen atoms in total. The van der Waals surface area contributed by atoms with Crippen molar-refractivity contribution in [2.45, 2.75) is 33.2 Å². The highest BCUT2D eigenvalue weighted by Crippen LogP contribution is 2.20. The molecule has 0 bridgehead atoms. The number of aromatic nitrogens is 2. The summed E-state index contributed by atoms with van der Waals surface area (Å²) >= 11 is 0. The molecule has 0 atom stereocenters. The normalized spacial score (nSPS) is 10.7. The molecule has 1 rings (SSSR count). The third kappa shape index (κ3) is 3.56. The van der Waals surface area contributed by atoms with Crippen molar-refractivity contribution in [2.24, 2.45) is 0 Å². The van der Waals surface area contributed by atoms with Crippen molar-refractivity contribution in [1.29, 1.82) is 0 Å². The number of hydrogen-bond acceptors (Lipinski definition) is 5. The van der Waals surface area contributed by atoms with E-state index in [4.69, 9.17) is 5.11 Å². The van der Waals surface area contributed by atoms with Gasteiger partial charge in [0.2, 0.25) is 5.95 Å². The summed E-state index contributed by atoms with van der Waals surface area (Å²) in [6.07, 6.45) is 2.57. The summed E-state index contributed by atoms with van der Waals surface area (Å²) in [5.41, 5.74) is 1.05. The molecule has 0 saturated carbocycles. The number of hydrogen-bond donors (Lipinski definition) is 2. The Hall–Kier alpha value is -1.36. The molecule has 0 fully saturated rings. The topological polar surface area (TPSA) is 61.3 Å². The molecule has 0 aliphatic rings. The summed E-state index contributed by atoms with van der Waals surface area (Å²) in [5.74, 6) is 1.56. The van der Waals surface area contributed by atoms with Crippen LogP contribution >= 0.6 is 0 Å². The van der Waals surface area contributed by atoms with Gasteiger partial charge in [-0.1, -0.05) is 0 Å². The Kier molecular flexibility index (Phi) is 5.15. The van der Waals surface area contributed by atoms with Crippen molar-refractivity contribution in [2.75, 3.05) is 30.4 Å². The van der Waals surface area contributed by atoms with Gasteiger partial charge in [-0.3, -0.25) is 0 Å². The van der Waals surface area contributed by atoms with Crippen LogP contribution in [0.3, 0.4) is 0 Å². The van der Waals surface area contributed by atoms with Gasteiger partial charge in [0.25, 0.3) is 0 Å². The Balaban J connectivity index is 2.99. The van der Waals surface area contributed by atoms with Crippen LogP contribution in [0.5, 0.6) is 0 Å². The monoisotopic (exact) mass is 238 g/mol. The van der Waals surface area contributed by atoms with Gasteiger partial charge in [-0.15, -0.1) is 0 Å². The summed E-state index contributed by atoms with van der Waals surface area (Å²) in [6.45, 7) is 7.25. The zero-order valence-corrected chi connectivity index (χ0v) is 11.1. The van der Waals surface area contributed by atoms with Crippen molar-refractivity contribution >= 4 is 11.8 Å². The van der Waals surface area contributed by atoms with Gasteiger partial charge in [0.05, 0.1) is 0 Å². The highest BCUT2D eigenvalue weighted by atomic mass is 16.3. The van der Waals surface area contributed by atoms with E-state index in [1.54, 1.807) is 0 Å². The number of nitrogens with zero attached hydrogens (tertiary/aromatic N) is 3. The average Bonchev–Trinajstić information content (AvgIpc) is 2.31. The van der Waals surface area contributed by atoms with Crippen molar-refractivity contribution in [3.8, 4) is 0 Å². The number of nitrogens with one attached hydrogen (secondary N) is 1. The molecule has 5 heteroatoms. The van der Waals surface area contributed by atoms with E-state index in [9.17, 15) is 0 Å². The Morgan fingerprint density at radius 3 is 2.71 bits per heavy atom. The Morgan fingerprint density at radius 2 is 2.18 bits per heavy atom. The van der Waals surface area contributed by atoms with Gasteiger partial charge in [-0.25, -0.2) is 4.98 Å². The summed E-state index contributed by atoms with van der Waals surface area (Å²) < 4.78 is 0. The molecule has 0 amide bonds. The molecule has 96 valence electrons. The summed E-state index contributed by atoms with van der Waals surface area (Å²) in [7, 11) is 1.81. The minimum Gasteiger partial charge on any atom is -0.396 e. The second-order valence-electron chi connectivity index (χ2n) is 4.31. The van der Waals surface area contributed by atoms with Crippen LogP contribution in [-0.2, 0) is 0 Å². The Morgan fingerprint density at radius 1 is 1.47 bits per heavy atom. The first-order chi connectivity index (χ1) is 8.10. The Labute approximate surface area is 103 Å². The molecule has 0 aliphatic heterocycles. The molecule has 0 radical (unpaired) electrons. The minimum atomic E-state index is 0.201. The zero-order chi connectivity index (χ0) is 12.8. The molecule has 1 heterocycles. The lowest BCUT2D eigenvalue weighted by atomic mass is 10.2. The molecule has 0 aromatic carbocycles. The number of rotatable bonds is 6. The van der Waals surface area contributed by atoms with Crippen LogP contribution in [0.15, 0.2) is 6.20 Å². The van der Waals surface area contributed by atoms with Crippen LogP contribution in [0.1, 0.15) is 25.8 Å². The molecule has 0 aliphatic carbocycles. The molecular weight excluding hydrogens is 216 g/mol. The van der Waals surface area contributed by atoms with Gasteiger partial charge in [0, 0.05) is 38.0 Å². The second kappa shape index (κ2) is 6.39. The molecule has 0 unspecified atom stereocenters. The largest absolute Gasteiger partial charge is 0.396 e. The minimum absolute atomic E-state index is 0.201. The SMILES string of the molecule is CNc1ncc(C)c(N(CCCO)C(C)C)n1. The third-order valence-electron chi connectivity index (χ3n) is 2.62. The highest BCUT2D eigenvalue weighted by Gasteiger charge is 2.14. The number of anilines is 2. The van der Waals surface area contributed by atoms with Gasteiger partial charge in [0.1, 0.15) is 5.82 Å². The predicted octanol–water partition coefficient (Wildman–Crippen LogP) is 1.42. The molecule has 1 aromatic heterocycles. The summed E-state index contributed by atoms with van der Waals surface area (Å²) in [4.78, 5) is 10.9. The third-order valence-corrected chi connectivity index (χ3v) is 2.62. The lowest BCUT2D eigenvalue weighted by Crippen LogP contribution is -2.33. The van der Waals surface area contributed by atoms with Gasteiger partial charge in [0.15, 0.2) is 0 Å². The first kappa shape index (κ1) is 13.7. The van der Waals surface area contributed by atoms with Crippen LogP contribution in [0.4, 0.5) is 11.8 Å². The van der Waals surface area contributed by atoms with Gasteiger partial charge in [-0.05, 0) is 27.2 Å². The van der Waals surface area contributed by atoms with E-state index in [-0.39, 0.29) is 6.61 Å². The van der Waals surface area contributed by atoms with E-state index < -0.39 is 0 Å². The smallest absolute Gasteiger partial charge is 0.224 e. The van der Waals surface area contributed by atoms with Crippen molar-refractivity contribution in [3.63, 3.8) is 0 Å². The van der Waals surface area contributed by atoms with Crippen molar-refractivity contribution in [3.05, 3.63) is 11.8 Å². The van der Waals surface area contributed by atoms with E-state index >= 15 is 0 Å². The maximum absolute atomic E-state index is 8.94. The fraction of sp³-hybridized carbons (Fsp3) is 0.667. The van der Waals surface area contributed by atoms with Crippen LogP contribution in [-0.4, -0.2) is 41.3 Å². The fourth-order valence-corrected chi connectivity index (χ4v) is 1.69. The standard InChI is InChI=1S/C12H22N4O/c1-9(2)16(6-5-7-17)11-10(3)8-14-12(13-4)15-11/h8-9,17H,5-7H2,1-4H3,(H,13,14,15). The predicted molar refractivity (Wildman–Crippen MR) is 70.5 cm³/mol. The molecule has 2 N–H and O–H groups in total. The quantitative estimate of drug-likeness (QED) is 0.785. The maximum Gasteiger partial charge on any atom is 0.224 e. The fourth-order valence-electron chi connectivity index (χ4n) is 1.69. The Bertz CT molecular complexity index is 354. The van der Waals surface area contributed by atoms with E-state index in [0.29, 0.717) is 12.0 Å². The second-order valence-corrected chi connectivity index (χ2v) is 4.31. The van der Waals surface area contributed by atoms with E-state index in [1.807, 2.05) is 20.2 Å². The van der Waals surface area contributed by atoms with Crippen LogP contribution < -0.4 is 10.2 Å². The van der Waals surface area contributed by atoms with Crippen LogP contribution in [0, 0.1) is 6.92 Å². The van der Waals surface area contributed by atoms with E-state index in [0.717, 1.165) is 24.3 Å².